The molecule has 96 valence electrons. The van der Waals surface area contributed by atoms with Gasteiger partial charge in [-0.15, -0.1) is 0 Å². The van der Waals surface area contributed by atoms with E-state index in [-0.39, 0.29) is 6.04 Å². The summed E-state index contributed by atoms with van der Waals surface area (Å²) in [6, 6.07) is 6.19. The van der Waals surface area contributed by atoms with Crippen LogP contribution in [0.25, 0.3) is 0 Å². The fourth-order valence-corrected chi connectivity index (χ4v) is 2.18. The predicted octanol–water partition coefficient (Wildman–Crippen LogP) is 2.96. The maximum Gasteiger partial charge on any atom is 0.0585 e. The second kappa shape index (κ2) is 5.36. The van der Waals surface area contributed by atoms with Crippen LogP contribution in [0.5, 0.6) is 0 Å². The number of aromatic nitrogens is 2. The lowest BCUT2D eigenvalue weighted by molar-refractivity contribution is 0.602. The van der Waals surface area contributed by atoms with Gasteiger partial charge in [-0.25, -0.2) is 0 Å². The molecule has 1 aromatic heterocycles. The van der Waals surface area contributed by atoms with Crippen LogP contribution in [-0.4, -0.2) is 9.78 Å². The summed E-state index contributed by atoms with van der Waals surface area (Å²) in [7, 11) is 0. The van der Waals surface area contributed by atoms with Crippen molar-refractivity contribution in [2.75, 3.05) is 0 Å². The maximum atomic E-state index is 6.34. The SMILES string of the molecule is CCCn1cc(C(N)c2cccc(C)c2C)cn1. The van der Waals surface area contributed by atoms with E-state index in [0.717, 1.165) is 18.5 Å². The molecule has 0 aliphatic rings. The molecular weight excluding hydrogens is 222 g/mol. The molecule has 1 unspecified atom stereocenters. The van der Waals surface area contributed by atoms with Gasteiger partial charge < -0.3 is 5.73 Å². The van der Waals surface area contributed by atoms with Crippen LogP contribution in [0.1, 0.15) is 41.6 Å². The Kier molecular flexibility index (Phi) is 3.82. The third-order valence-electron chi connectivity index (χ3n) is 3.45. The lowest BCUT2D eigenvalue weighted by Crippen LogP contribution is -2.13. The zero-order valence-electron chi connectivity index (χ0n) is 11.4. The number of benzene rings is 1. The molecule has 3 heteroatoms. The summed E-state index contributed by atoms with van der Waals surface area (Å²) in [5, 5.41) is 4.34. The zero-order chi connectivity index (χ0) is 13.1. The zero-order valence-corrected chi connectivity index (χ0v) is 11.4. The van der Waals surface area contributed by atoms with Crippen LogP contribution in [0.15, 0.2) is 30.6 Å². The third kappa shape index (κ3) is 2.46. The second-order valence-electron chi connectivity index (χ2n) is 4.80. The van der Waals surface area contributed by atoms with Crippen molar-refractivity contribution in [3.05, 3.63) is 52.8 Å². The summed E-state index contributed by atoms with van der Waals surface area (Å²) in [6.07, 6.45) is 5.01. The van der Waals surface area contributed by atoms with Crippen LogP contribution in [0, 0.1) is 13.8 Å². The molecular formula is C15H21N3. The van der Waals surface area contributed by atoms with Gasteiger partial charge in [0, 0.05) is 18.3 Å². The number of nitrogens with two attached hydrogens (primary N) is 1. The van der Waals surface area contributed by atoms with Gasteiger partial charge in [-0.05, 0) is 37.0 Å². The monoisotopic (exact) mass is 243 g/mol. The highest BCUT2D eigenvalue weighted by atomic mass is 15.3. The van der Waals surface area contributed by atoms with Crippen molar-refractivity contribution in [2.24, 2.45) is 5.73 Å². The summed E-state index contributed by atoms with van der Waals surface area (Å²) in [5.74, 6) is 0. The largest absolute Gasteiger partial charge is 0.320 e. The summed E-state index contributed by atoms with van der Waals surface area (Å²) in [5.41, 5.74) is 11.2. The van der Waals surface area contributed by atoms with Crippen LogP contribution in [0.3, 0.4) is 0 Å². The minimum Gasteiger partial charge on any atom is -0.320 e. The maximum absolute atomic E-state index is 6.34. The van der Waals surface area contributed by atoms with E-state index >= 15 is 0 Å². The molecule has 2 aromatic rings. The molecule has 0 bridgehead atoms. The minimum absolute atomic E-state index is 0.0875. The van der Waals surface area contributed by atoms with Gasteiger partial charge in [-0.1, -0.05) is 25.1 Å². The fourth-order valence-electron chi connectivity index (χ4n) is 2.18. The van der Waals surface area contributed by atoms with E-state index < -0.39 is 0 Å². The normalized spacial score (nSPS) is 12.7. The smallest absolute Gasteiger partial charge is 0.0585 e. The Morgan fingerprint density at radius 2 is 2.11 bits per heavy atom. The summed E-state index contributed by atoms with van der Waals surface area (Å²) >= 11 is 0. The first-order valence-corrected chi connectivity index (χ1v) is 6.47. The Balaban J connectivity index is 2.29. The molecule has 2 rings (SSSR count). The van der Waals surface area contributed by atoms with E-state index in [2.05, 4.69) is 50.3 Å². The first-order chi connectivity index (χ1) is 8.63. The van der Waals surface area contributed by atoms with Crippen molar-refractivity contribution >= 4 is 0 Å². The van der Waals surface area contributed by atoms with Crippen molar-refractivity contribution in [1.29, 1.82) is 0 Å². The molecule has 1 aromatic carbocycles. The Labute approximate surface area is 109 Å². The number of rotatable bonds is 4. The van der Waals surface area contributed by atoms with Crippen LogP contribution in [0.2, 0.25) is 0 Å². The standard InChI is InChI=1S/C15H21N3/c1-4-8-18-10-13(9-17-18)15(16)14-7-5-6-11(2)12(14)3/h5-7,9-10,15H,4,8,16H2,1-3H3. The molecule has 18 heavy (non-hydrogen) atoms. The Hall–Kier alpha value is -1.61. The first kappa shape index (κ1) is 12.8. The number of nitrogens with zero attached hydrogens (tertiary/aromatic N) is 2. The molecule has 2 N–H and O–H groups in total. The van der Waals surface area contributed by atoms with E-state index in [4.69, 9.17) is 5.73 Å². The molecule has 0 saturated heterocycles. The molecule has 1 heterocycles. The van der Waals surface area contributed by atoms with Crippen LogP contribution in [-0.2, 0) is 6.54 Å². The van der Waals surface area contributed by atoms with Crippen LogP contribution < -0.4 is 5.73 Å². The van der Waals surface area contributed by atoms with Gasteiger partial charge in [0.2, 0.25) is 0 Å². The second-order valence-corrected chi connectivity index (χ2v) is 4.80. The average Bonchev–Trinajstić information content (AvgIpc) is 2.81. The van der Waals surface area contributed by atoms with E-state index in [1.54, 1.807) is 0 Å². The van der Waals surface area contributed by atoms with Crippen molar-refractivity contribution in [2.45, 2.75) is 39.8 Å². The molecule has 0 saturated carbocycles. The van der Waals surface area contributed by atoms with Crippen molar-refractivity contribution in [3.63, 3.8) is 0 Å². The Morgan fingerprint density at radius 1 is 1.33 bits per heavy atom. The summed E-state index contributed by atoms with van der Waals surface area (Å²) in [4.78, 5) is 0. The number of hydrogen-bond donors (Lipinski definition) is 1. The van der Waals surface area contributed by atoms with Gasteiger partial charge in [0.05, 0.1) is 12.2 Å². The highest BCUT2D eigenvalue weighted by Gasteiger charge is 2.13. The van der Waals surface area contributed by atoms with Crippen molar-refractivity contribution < 1.29 is 0 Å². The van der Waals surface area contributed by atoms with Crippen LogP contribution >= 0.6 is 0 Å². The van der Waals surface area contributed by atoms with Gasteiger partial charge in [-0.2, -0.15) is 5.10 Å². The molecule has 0 aliphatic heterocycles. The lowest BCUT2D eigenvalue weighted by atomic mass is 9.95. The van der Waals surface area contributed by atoms with Gasteiger partial charge in [0.25, 0.3) is 0 Å². The first-order valence-electron chi connectivity index (χ1n) is 6.47. The summed E-state index contributed by atoms with van der Waals surface area (Å²) in [6.45, 7) is 7.33. The Morgan fingerprint density at radius 3 is 2.83 bits per heavy atom. The van der Waals surface area contributed by atoms with E-state index in [9.17, 15) is 0 Å². The average molecular weight is 243 g/mol. The molecule has 0 spiro atoms. The highest BCUT2D eigenvalue weighted by molar-refractivity contribution is 5.39. The van der Waals surface area contributed by atoms with Crippen molar-refractivity contribution in [3.8, 4) is 0 Å². The van der Waals surface area contributed by atoms with Gasteiger partial charge >= 0.3 is 0 Å². The Bertz CT molecular complexity index is 528. The van der Waals surface area contributed by atoms with E-state index in [1.807, 2.05) is 10.9 Å². The topological polar surface area (TPSA) is 43.8 Å². The summed E-state index contributed by atoms with van der Waals surface area (Å²) < 4.78 is 1.96. The quantitative estimate of drug-likeness (QED) is 0.897. The van der Waals surface area contributed by atoms with Gasteiger partial charge in [-0.3, -0.25) is 4.68 Å². The number of hydrogen-bond acceptors (Lipinski definition) is 2. The van der Waals surface area contributed by atoms with Crippen molar-refractivity contribution in [1.82, 2.24) is 9.78 Å². The fraction of sp³-hybridized carbons (Fsp3) is 0.400. The predicted molar refractivity (Wildman–Crippen MR) is 74.5 cm³/mol. The molecule has 0 amide bonds. The molecule has 0 radical (unpaired) electrons. The van der Waals surface area contributed by atoms with Gasteiger partial charge in [0.15, 0.2) is 0 Å². The van der Waals surface area contributed by atoms with E-state index in [0.29, 0.717) is 0 Å². The number of aryl methyl sites for hydroxylation is 2. The van der Waals surface area contributed by atoms with Crippen LogP contribution in [0.4, 0.5) is 0 Å². The van der Waals surface area contributed by atoms with Gasteiger partial charge in [0.1, 0.15) is 0 Å². The third-order valence-corrected chi connectivity index (χ3v) is 3.45. The highest BCUT2D eigenvalue weighted by Crippen LogP contribution is 2.24. The molecule has 0 aliphatic carbocycles. The minimum atomic E-state index is -0.0875. The molecule has 3 nitrogen and oxygen atoms in total. The lowest BCUT2D eigenvalue weighted by Gasteiger charge is -2.14. The van der Waals surface area contributed by atoms with E-state index in [1.165, 1.54) is 16.7 Å². The molecule has 1 atom stereocenters. The molecule has 0 fully saturated rings.